The normalized spacial score (nSPS) is 11.9. The fourth-order valence-corrected chi connectivity index (χ4v) is 5.05. The highest BCUT2D eigenvalue weighted by atomic mass is 32.2. The molecule has 8 heteroatoms. The zero-order valence-electron chi connectivity index (χ0n) is 20.5. The number of sulfonamides is 1. The van der Waals surface area contributed by atoms with E-state index >= 15 is 0 Å². The Kier molecular flexibility index (Phi) is 8.22. The number of nitrogens with one attached hydrogen (secondary N) is 2. The van der Waals surface area contributed by atoms with E-state index in [1.54, 1.807) is 37.3 Å². The Hall–Kier alpha value is -4.14. The molecule has 0 aromatic heterocycles. The maximum absolute atomic E-state index is 13.3. The lowest BCUT2D eigenvalue weighted by atomic mass is 10.1. The summed E-state index contributed by atoms with van der Waals surface area (Å²) in [4.78, 5) is 13.3. The van der Waals surface area contributed by atoms with Crippen LogP contribution in [0.5, 0.6) is 17.2 Å². The number of benzene rings is 4. The summed E-state index contributed by atoms with van der Waals surface area (Å²) in [5, 5.41) is 2.82. The average Bonchev–Trinajstić information content (AvgIpc) is 2.90. The molecule has 0 aliphatic carbocycles. The monoisotopic (exact) mass is 516 g/mol. The van der Waals surface area contributed by atoms with Gasteiger partial charge in [0.2, 0.25) is 15.9 Å². The lowest BCUT2D eigenvalue weighted by Crippen LogP contribution is -2.45. The summed E-state index contributed by atoms with van der Waals surface area (Å²) < 4.78 is 40.0. The fourth-order valence-electron chi connectivity index (χ4n) is 3.77. The van der Waals surface area contributed by atoms with Crippen molar-refractivity contribution in [1.29, 1.82) is 0 Å². The van der Waals surface area contributed by atoms with Crippen LogP contribution in [-0.2, 0) is 21.2 Å². The highest BCUT2D eigenvalue weighted by Crippen LogP contribution is 2.24. The highest BCUT2D eigenvalue weighted by molar-refractivity contribution is 7.89. The Bertz CT molecular complexity index is 1440. The first-order chi connectivity index (χ1) is 17.8. The molecule has 0 aliphatic heterocycles. The van der Waals surface area contributed by atoms with Crippen LogP contribution in [0.25, 0.3) is 0 Å². The van der Waals surface area contributed by atoms with E-state index in [-0.39, 0.29) is 11.3 Å². The minimum atomic E-state index is -3.99. The molecule has 4 rings (SSSR count). The van der Waals surface area contributed by atoms with Gasteiger partial charge >= 0.3 is 0 Å². The Morgan fingerprint density at radius 3 is 2.08 bits per heavy atom. The van der Waals surface area contributed by atoms with Crippen LogP contribution in [0.2, 0.25) is 0 Å². The number of carbonyl (C=O) groups excluding carboxylic acids is 1. The Labute approximate surface area is 217 Å². The largest absolute Gasteiger partial charge is 0.496 e. The number of amides is 1. The van der Waals surface area contributed by atoms with E-state index in [4.69, 9.17) is 9.47 Å². The van der Waals surface area contributed by atoms with E-state index in [9.17, 15) is 13.2 Å². The Morgan fingerprint density at radius 1 is 0.838 bits per heavy atom. The van der Waals surface area contributed by atoms with E-state index in [0.29, 0.717) is 28.5 Å². The van der Waals surface area contributed by atoms with Crippen molar-refractivity contribution in [2.75, 3.05) is 12.4 Å². The summed E-state index contributed by atoms with van der Waals surface area (Å²) in [6, 6.07) is 29.0. The molecule has 1 unspecified atom stereocenters. The van der Waals surface area contributed by atoms with Gasteiger partial charge in [-0.25, -0.2) is 8.42 Å². The van der Waals surface area contributed by atoms with Crippen molar-refractivity contribution in [3.8, 4) is 17.2 Å². The van der Waals surface area contributed by atoms with Gasteiger partial charge in [-0.15, -0.1) is 0 Å². The third-order valence-corrected chi connectivity index (χ3v) is 7.14. The van der Waals surface area contributed by atoms with Crippen LogP contribution in [0.15, 0.2) is 108 Å². The second-order valence-corrected chi connectivity index (χ2v) is 10.1. The van der Waals surface area contributed by atoms with E-state index in [1.807, 2.05) is 60.7 Å². The van der Waals surface area contributed by atoms with Crippen LogP contribution in [0.1, 0.15) is 11.1 Å². The molecule has 2 N–H and O–H groups in total. The lowest BCUT2D eigenvalue weighted by molar-refractivity contribution is -0.117. The highest BCUT2D eigenvalue weighted by Gasteiger charge is 2.27. The van der Waals surface area contributed by atoms with Crippen molar-refractivity contribution in [3.05, 3.63) is 114 Å². The van der Waals surface area contributed by atoms with Crippen LogP contribution < -0.4 is 19.5 Å². The molecule has 0 heterocycles. The molecular formula is C29H28N2O5S. The van der Waals surface area contributed by atoms with Crippen molar-refractivity contribution >= 4 is 21.6 Å². The van der Waals surface area contributed by atoms with Gasteiger partial charge in [0.05, 0.1) is 12.0 Å². The molecule has 0 aliphatic rings. The third kappa shape index (κ3) is 6.97. The molecule has 7 nitrogen and oxygen atoms in total. The van der Waals surface area contributed by atoms with Gasteiger partial charge in [0.1, 0.15) is 23.3 Å². The van der Waals surface area contributed by atoms with E-state index in [0.717, 1.165) is 5.56 Å². The summed E-state index contributed by atoms with van der Waals surface area (Å²) in [6.07, 6.45) is 0.177. The topological polar surface area (TPSA) is 93.7 Å². The summed E-state index contributed by atoms with van der Waals surface area (Å²) >= 11 is 0. The molecule has 0 radical (unpaired) electrons. The number of hydrogen-bond donors (Lipinski definition) is 2. The minimum absolute atomic E-state index is 0.0547. The number of rotatable bonds is 10. The van der Waals surface area contributed by atoms with Crippen LogP contribution in [0, 0.1) is 6.92 Å². The average molecular weight is 517 g/mol. The van der Waals surface area contributed by atoms with Crippen LogP contribution in [0.3, 0.4) is 0 Å². The first-order valence-electron chi connectivity index (χ1n) is 11.7. The molecule has 0 spiro atoms. The van der Waals surface area contributed by atoms with Crippen molar-refractivity contribution in [2.45, 2.75) is 24.3 Å². The molecule has 0 saturated carbocycles. The summed E-state index contributed by atoms with van der Waals surface area (Å²) in [7, 11) is -2.47. The van der Waals surface area contributed by atoms with E-state index in [1.165, 1.54) is 19.2 Å². The molecule has 0 bridgehead atoms. The smallest absolute Gasteiger partial charge is 0.242 e. The van der Waals surface area contributed by atoms with Crippen LogP contribution in [0.4, 0.5) is 5.69 Å². The molecule has 0 saturated heterocycles. The van der Waals surface area contributed by atoms with Gasteiger partial charge in [0, 0.05) is 5.69 Å². The SMILES string of the molecule is COc1ccc(S(=O)(=O)NC(Cc2ccccc2)C(=O)Nc2ccc(Oc3ccccc3)cc2)cc1C. The number of hydrogen-bond acceptors (Lipinski definition) is 5. The second kappa shape index (κ2) is 11.7. The fraction of sp³-hybridized carbons (Fsp3) is 0.138. The van der Waals surface area contributed by atoms with Crippen molar-refractivity contribution in [1.82, 2.24) is 4.72 Å². The summed E-state index contributed by atoms with van der Waals surface area (Å²) in [5.74, 6) is 1.41. The molecule has 0 fully saturated rings. The zero-order valence-corrected chi connectivity index (χ0v) is 21.4. The molecule has 190 valence electrons. The molecule has 4 aromatic rings. The maximum atomic E-state index is 13.3. The number of ether oxygens (including phenoxy) is 2. The van der Waals surface area contributed by atoms with Gasteiger partial charge in [0.15, 0.2) is 0 Å². The Balaban J connectivity index is 1.52. The zero-order chi connectivity index (χ0) is 26.3. The van der Waals surface area contributed by atoms with E-state index in [2.05, 4.69) is 10.0 Å². The molecule has 1 amide bonds. The first-order valence-corrected chi connectivity index (χ1v) is 13.2. The van der Waals surface area contributed by atoms with Crippen molar-refractivity contribution in [3.63, 3.8) is 0 Å². The van der Waals surface area contributed by atoms with Gasteiger partial charge in [-0.1, -0.05) is 48.5 Å². The predicted octanol–water partition coefficient (Wildman–Crippen LogP) is 5.32. The number of anilines is 1. The van der Waals surface area contributed by atoms with Gasteiger partial charge in [0.25, 0.3) is 0 Å². The lowest BCUT2D eigenvalue weighted by Gasteiger charge is -2.19. The number of aryl methyl sites for hydroxylation is 1. The molecule has 4 aromatic carbocycles. The second-order valence-electron chi connectivity index (χ2n) is 8.42. The summed E-state index contributed by atoms with van der Waals surface area (Å²) in [5.41, 5.74) is 2.01. The molecule has 1 atom stereocenters. The number of carbonyl (C=O) groups is 1. The number of methoxy groups -OCH3 is 1. The van der Waals surface area contributed by atoms with Crippen molar-refractivity contribution < 1.29 is 22.7 Å². The minimum Gasteiger partial charge on any atom is -0.496 e. The maximum Gasteiger partial charge on any atom is 0.242 e. The Morgan fingerprint density at radius 2 is 1.46 bits per heavy atom. The molecule has 37 heavy (non-hydrogen) atoms. The van der Waals surface area contributed by atoms with E-state index < -0.39 is 22.0 Å². The van der Waals surface area contributed by atoms with Gasteiger partial charge in [-0.2, -0.15) is 4.72 Å². The van der Waals surface area contributed by atoms with Crippen LogP contribution >= 0.6 is 0 Å². The van der Waals surface area contributed by atoms with Gasteiger partial charge in [-0.05, 0) is 79.1 Å². The quantitative estimate of drug-likeness (QED) is 0.297. The first kappa shape index (κ1) is 25.9. The summed E-state index contributed by atoms with van der Waals surface area (Å²) in [6.45, 7) is 1.76. The van der Waals surface area contributed by atoms with Gasteiger partial charge in [-0.3, -0.25) is 4.79 Å². The predicted molar refractivity (Wildman–Crippen MR) is 144 cm³/mol. The van der Waals surface area contributed by atoms with Gasteiger partial charge < -0.3 is 14.8 Å². The van der Waals surface area contributed by atoms with Crippen LogP contribution in [-0.4, -0.2) is 27.5 Å². The third-order valence-electron chi connectivity index (χ3n) is 5.67. The van der Waals surface area contributed by atoms with Crippen molar-refractivity contribution in [2.24, 2.45) is 0 Å². The molecular weight excluding hydrogens is 488 g/mol. The standard InChI is InChI=1S/C29H28N2O5S/c1-21-19-26(17-18-28(21)35-2)37(33,34)31-27(20-22-9-5-3-6-10-22)29(32)30-23-13-15-25(16-14-23)36-24-11-7-4-8-12-24/h3-19,27,31H,20H2,1-2H3,(H,30,32). The number of para-hydroxylation sites is 1.